The minimum Gasteiger partial charge on any atom is -0.384 e. The number of ether oxygens (including phenoxy) is 1. The van der Waals surface area contributed by atoms with Gasteiger partial charge in [0.2, 0.25) is 0 Å². The topological polar surface area (TPSA) is 54.5 Å². The number of piperidine rings is 1. The summed E-state index contributed by atoms with van der Waals surface area (Å²) in [5, 5.41) is 0. The van der Waals surface area contributed by atoms with Crippen LogP contribution in [0.25, 0.3) is 0 Å². The molecule has 0 radical (unpaired) electrons. The summed E-state index contributed by atoms with van der Waals surface area (Å²) in [5.41, 5.74) is 0. The fourth-order valence-corrected chi connectivity index (χ4v) is 3.27. The molecule has 1 aromatic rings. The lowest BCUT2D eigenvalue weighted by molar-refractivity contribution is 0.129. The van der Waals surface area contributed by atoms with E-state index in [1.165, 1.54) is 0 Å². The van der Waals surface area contributed by atoms with E-state index in [0.29, 0.717) is 12.5 Å². The van der Waals surface area contributed by atoms with Crippen LogP contribution >= 0.6 is 0 Å². The van der Waals surface area contributed by atoms with Crippen LogP contribution in [0.1, 0.15) is 6.42 Å². The van der Waals surface area contributed by atoms with Gasteiger partial charge in [-0.2, -0.15) is 0 Å². The Labute approximate surface area is 116 Å². The standard InChI is InChI=1S/C13H21N3O2S/c1-18-10-11-9-16(13-5-3-4-7-14-13)8-6-12(11)15-19(2)17/h3-5,7,11-12,15H,6,8-10H2,1-2H3/t11-,12-,19?/m0/s1. The molecule has 106 valence electrons. The van der Waals surface area contributed by atoms with Crippen LogP contribution in [0, 0.1) is 5.92 Å². The Balaban J connectivity index is 2.03. The predicted molar refractivity (Wildman–Crippen MR) is 77.4 cm³/mol. The van der Waals surface area contributed by atoms with Gasteiger partial charge in [0.25, 0.3) is 0 Å². The summed E-state index contributed by atoms with van der Waals surface area (Å²) in [6.45, 7) is 2.46. The van der Waals surface area contributed by atoms with E-state index in [1.54, 1.807) is 13.4 Å². The Morgan fingerprint density at radius 2 is 2.42 bits per heavy atom. The highest BCUT2D eigenvalue weighted by Gasteiger charge is 2.30. The highest BCUT2D eigenvalue weighted by Crippen LogP contribution is 2.22. The molecule has 0 spiro atoms. The smallest absolute Gasteiger partial charge is 0.128 e. The predicted octanol–water partition coefficient (Wildman–Crippen LogP) is 0.806. The van der Waals surface area contributed by atoms with Crippen LogP contribution in [0.5, 0.6) is 0 Å². The van der Waals surface area contributed by atoms with E-state index >= 15 is 0 Å². The average molecular weight is 283 g/mol. The Morgan fingerprint density at radius 3 is 3.05 bits per heavy atom. The van der Waals surface area contributed by atoms with Crippen molar-refractivity contribution >= 4 is 16.8 Å². The molecule has 5 nitrogen and oxygen atoms in total. The first-order chi connectivity index (χ1) is 9.20. The van der Waals surface area contributed by atoms with Gasteiger partial charge in [-0.25, -0.2) is 13.9 Å². The summed E-state index contributed by atoms with van der Waals surface area (Å²) in [4.78, 5) is 6.65. The lowest BCUT2D eigenvalue weighted by Crippen LogP contribution is -2.51. The van der Waals surface area contributed by atoms with Gasteiger partial charge in [0, 0.05) is 44.6 Å². The Bertz CT molecular complexity index is 416. The first kappa shape index (κ1) is 14.4. The van der Waals surface area contributed by atoms with Gasteiger partial charge in [-0.15, -0.1) is 0 Å². The van der Waals surface area contributed by atoms with Crippen molar-refractivity contribution in [2.75, 3.05) is 38.0 Å². The number of nitrogens with zero attached hydrogens (tertiary/aromatic N) is 2. The number of nitrogens with one attached hydrogen (secondary N) is 1. The molecule has 1 saturated heterocycles. The van der Waals surface area contributed by atoms with Crippen LogP contribution < -0.4 is 9.62 Å². The van der Waals surface area contributed by atoms with Gasteiger partial charge in [-0.3, -0.25) is 0 Å². The minimum absolute atomic E-state index is 0.241. The number of rotatable bonds is 5. The van der Waals surface area contributed by atoms with E-state index in [9.17, 15) is 4.21 Å². The fraction of sp³-hybridized carbons (Fsp3) is 0.615. The van der Waals surface area contributed by atoms with Crippen molar-refractivity contribution in [3.05, 3.63) is 24.4 Å². The maximum atomic E-state index is 11.3. The molecule has 6 heteroatoms. The van der Waals surface area contributed by atoms with Gasteiger partial charge in [-0.1, -0.05) is 6.07 Å². The Morgan fingerprint density at radius 1 is 1.58 bits per heavy atom. The second kappa shape index (κ2) is 6.98. The van der Waals surface area contributed by atoms with Gasteiger partial charge in [-0.05, 0) is 18.6 Å². The molecule has 0 aliphatic carbocycles. The van der Waals surface area contributed by atoms with E-state index in [2.05, 4.69) is 14.6 Å². The number of hydrogen-bond acceptors (Lipinski definition) is 4. The summed E-state index contributed by atoms with van der Waals surface area (Å²) < 4.78 is 19.8. The van der Waals surface area contributed by atoms with Crippen molar-refractivity contribution in [2.45, 2.75) is 12.5 Å². The van der Waals surface area contributed by atoms with E-state index in [0.717, 1.165) is 25.3 Å². The van der Waals surface area contributed by atoms with Crippen molar-refractivity contribution < 1.29 is 8.95 Å². The first-order valence-corrected chi connectivity index (χ1v) is 8.01. The molecule has 2 heterocycles. The molecule has 1 unspecified atom stereocenters. The third-order valence-corrected chi connectivity index (χ3v) is 4.04. The van der Waals surface area contributed by atoms with Crippen molar-refractivity contribution in [1.82, 2.24) is 9.71 Å². The molecule has 1 fully saturated rings. The van der Waals surface area contributed by atoms with E-state index < -0.39 is 11.0 Å². The summed E-state index contributed by atoms with van der Waals surface area (Å²) in [6.07, 6.45) is 4.44. The zero-order chi connectivity index (χ0) is 13.7. The number of pyridine rings is 1. The van der Waals surface area contributed by atoms with Crippen molar-refractivity contribution in [3.8, 4) is 0 Å². The molecule has 0 bridgehead atoms. The maximum absolute atomic E-state index is 11.3. The lowest BCUT2D eigenvalue weighted by Gasteiger charge is -2.38. The highest BCUT2D eigenvalue weighted by molar-refractivity contribution is 7.82. The average Bonchev–Trinajstić information content (AvgIpc) is 2.41. The van der Waals surface area contributed by atoms with Crippen LogP contribution in [0.4, 0.5) is 5.82 Å². The number of methoxy groups -OCH3 is 1. The lowest BCUT2D eigenvalue weighted by atomic mass is 9.93. The molecule has 0 aromatic carbocycles. The van der Waals surface area contributed by atoms with E-state index in [4.69, 9.17) is 4.74 Å². The molecular weight excluding hydrogens is 262 g/mol. The first-order valence-electron chi connectivity index (χ1n) is 6.45. The molecule has 19 heavy (non-hydrogen) atoms. The summed E-state index contributed by atoms with van der Waals surface area (Å²) in [5.74, 6) is 1.32. The third-order valence-electron chi connectivity index (χ3n) is 3.41. The molecule has 1 N–H and O–H groups in total. The SMILES string of the molecule is COC[C@@H]1CN(c2ccccn2)CC[C@@H]1NS(C)=O. The Kier molecular flexibility index (Phi) is 5.30. The zero-order valence-electron chi connectivity index (χ0n) is 11.4. The molecule has 3 atom stereocenters. The van der Waals surface area contributed by atoms with Crippen LogP contribution in [0.15, 0.2) is 24.4 Å². The number of anilines is 1. The monoisotopic (exact) mass is 283 g/mol. The largest absolute Gasteiger partial charge is 0.384 e. The van der Waals surface area contributed by atoms with Gasteiger partial charge in [0.05, 0.1) is 17.6 Å². The summed E-state index contributed by atoms with van der Waals surface area (Å²) in [6, 6.07) is 6.19. The number of hydrogen-bond donors (Lipinski definition) is 1. The molecule has 1 aromatic heterocycles. The minimum atomic E-state index is -0.983. The van der Waals surface area contributed by atoms with Gasteiger partial charge < -0.3 is 9.64 Å². The molecule has 2 rings (SSSR count). The van der Waals surface area contributed by atoms with Crippen LogP contribution in [0.2, 0.25) is 0 Å². The molecule has 1 aliphatic heterocycles. The maximum Gasteiger partial charge on any atom is 0.128 e. The second-order valence-electron chi connectivity index (χ2n) is 4.82. The van der Waals surface area contributed by atoms with Crippen molar-refractivity contribution in [1.29, 1.82) is 0 Å². The van der Waals surface area contributed by atoms with Crippen molar-refractivity contribution in [3.63, 3.8) is 0 Å². The summed E-state index contributed by atoms with van der Waals surface area (Å²) >= 11 is 0. The van der Waals surface area contributed by atoms with Gasteiger partial charge in [0.1, 0.15) is 5.82 Å². The molecule has 0 saturated carbocycles. The van der Waals surface area contributed by atoms with Crippen molar-refractivity contribution in [2.24, 2.45) is 5.92 Å². The van der Waals surface area contributed by atoms with E-state index in [1.807, 2.05) is 24.4 Å². The Hall–Kier alpha value is -0.980. The third kappa shape index (κ3) is 3.99. The zero-order valence-corrected chi connectivity index (χ0v) is 12.2. The van der Waals surface area contributed by atoms with E-state index in [-0.39, 0.29) is 6.04 Å². The normalized spacial score (nSPS) is 25.3. The number of aromatic nitrogens is 1. The highest BCUT2D eigenvalue weighted by atomic mass is 32.2. The molecule has 1 aliphatic rings. The fourth-order valence-electron chi connectivity index (χ4n) is 2.53. The van der Waals surface area contributed by atoms with Gasteiger partial charge >= 0.3 is 0 Å². The second-order valence-corrected chi connectivity index (χ2v) is 5.96. The van der Waals surface area contributed by atoms with Gasteiger partial charge in [0.15, 0.2) is 0 Å². The summed E-state index contributed by atoms with van der Waals surface area (Å²) in [7, 11) is 0.725. The molecule has 0 amide bonds. The van der Waals surface area contributed by atoms with Crippen LogP contribution in [0.3, 0.4) is 0 Å². The van der Waals surface area contributed by atoms with Crippen LogP contribution in [-0.2, 0) is 15.7 Å². The molecular formula is C13H21N3O2S. The quantitative estimate of drug-likeness (QED) is 0.869. The van der Waals surface area contributed by atoms with Crippen LogP contribution in [-0.4, -0.2) is 48.3 Å².